The number of aryl methyl sites for hydroxylation is 1. The lowest BCUT2D eigenvalue weighted by Gasteiger charge is -2.41. The van der Waals surface area contributed by atoms with Gasteiger partial charge in [0.25, 0.3) is 5.91 Å². The lowest BCUT2D eigenvalue weighted by molar-refractivity contribution is -0.401. The predicted octanol–water partition coefficient (Wildman–Crippen LogP) is 4.19. The quantitative estimate of drug-likeness (QED) is 0.634. The molecule has 5 nitrogen and oxygen atoms in total. The number of amides is 1. The molecule has 0 saturated heterocycles. The molecule has 0 saturated carbocycles. The van der Waals surface area contributed by atoms with Crippen LogP contribution in [0.3, 0.4) is 0 Å². The van der Waals surface area contributed by atoms with Gasteiger partial charge in [-0.3, -0.25) is 4.79 Å². The maximum atomic E-state index is 14.7. The van der Waals surface area contributed by atoms with Crippen LogP contribution in [0.2, 0.25) is 0 Å². The summed E-state index contributed by atoms with van der Waals surface area (Å²) < 4.78 is 95.7. The van der Waals surface area contributed by atoms with Crippen LogP contribution in [0.1, 0.15) is 29.2 Å². The molecule has 2 aromatic carbocycles. The van der Waals surface area contributed by atoms with Crippen LogP contribution in [0, 0.1) is 6.92 Å². The minimum absolute atomic E-state index is 0.00495. The third-order valence-corrected chi connectivity index (χ3v) is 5.18. The Bertz CT molecular complexity index is 1060. The Morgan fingerprint density at radius 2 is 1.55 bits per heavy atom. The molecule has 2 aromatic rings. The number of hydrogen-bond acceptors (Lipinski definition) is 4. The molecule has 33 heavy (non-hydrogen) atoms. The third-order valence-electron chi connectivity index (χ3n) is 5.18. The van der Waals surface area contributed by atoms with E-state index < -0.39 is 52.9 Å². The number of hydrogen-bond donors (Lipinski definition) is 2. The maximum Gasteiger partial charge on any atom is 0.460 e. The van der Waals surface area contributed by atoms with E-state index >= 15 is 0 Å². The van der Waals surface area contributed by atoms with E-state index in [9.17, 15) is 45.7 Å². The molecular formula is C21H17F7N2O3. The van der Waals surface area contributed by atoms with Gasteiger partial charge in [0.1, 0.15) is 0 Å². The maximum absolute atomic E-state index is 14.7. The molecule has 12 heteroatoms. The van der Waals surface area contributed by atoms with Gasteiger partial charge in [-0.15, -0.1) is 0 Å². The fraction of sp³-hybridized carbons (Fsp3) is 0.333. The number of aliphatic hydroxyl groups excluding tert-OH is 1. The smallest absolute Gasteiger partial charge is 0.378 e. The fourth-order valence-corrected chi connectivity index (χ4v) is 3.25. The molecule has 1 heterocycles. The molecule has 2 N–H and O–H groups in total. The average molecular weight is 478 g/mol. The number of carbonyl (C=O) groups excluding carboxylic acids is 1. The summed E-state index contributed by atoms with van der Waals surface area (Å²) in [4.78, 5) is 12.8. The molecule has 0 aliphatic carbocycles. The van der Waals surface area contributed by atoms with Gasteiger partial charge in [0.2, 0.25) is 5.72 Å². The van der Waals surface area contributed by atoms with Gasteiger partial charge in [0.05, 0.1) is 5.71 Å². The number of halogens is 7. The fourth-order valence-electron chi connectivity index (χ4n) is 3.25. The topological polar surface area (TPSA) is 73.1 Å². The first-order chi connectivity index (χ1) is 15.1. The van der Waals surface area contributed by atoms with E-state index in [4.69, 9.17) is 0 Å². The Hall–Kier alpha value is -2.99. The third kappa shape index (κ3) is 3.97. The van der Waals surface area contributed by atoms with E-state index in [1.165, 1.54) is 54.6 Å². The molecule has 1 aliphatic heterocycles. The van der Waals surface area contributed by atoms with E-state index in [1.54, 1.807) is 6.92 Å². The summed E-state index contributed by atoms with van der Waals surface area (Å²) in [7, 11) is 0. The molecule has 0 spiro atoms. The average Bonchev–Trinajstić information content (AvgIpc) is 3.12. The van der Waals surface area contributed by atoms with Crippen molar-refractivity contribution in [2.45, 2.75) is 43.2 Å². The standard InChI is InChI=1S/C21H17F7N2O3/c1-12-7-9-13(10-8-12)15-11-18(33,19(22,23)20(24,25)21(26,27)28)30(29-15)17(32)16(31)14-5-3-2-4-6-14/h2-10,16,31,33H,11H2,1H3/t16-,18-/m1/s1. The van der Waals surface area contributed by atoms with Crippen molar-refractivity contribution >= 4 is 11.6 Å². The number of benzene rings is 2. The minimum atomic E-state index is -6.76. The van der Waals surface area contributed by atoms with Crippen molar-refractivity contribution < 1.29 is 45.7 Å². The van der Waals surface area contributed by atoms with Gasteiger partial charge in [0.15, 0.2) is 6.10 Å². The second-order valence-electron chi connectivity index (χ2n) is 7.52. The highest BCUT2D eigenvalue weighted by atomic mass is 19.4. The van der Waals surface area contributed by atoms with Crippen molar-refractivity contribution in [3.63, 3.8) is 0 Å². The van der Waals surface area contributed by atoms with Crippen LogP contribution >= 0.6 is 0 Å². The van der Waals surface area contributed by atoms with Gasteiger partial charge in [-0.2, -0.15) is 40.8 Å². The van der Waals surface area contributed by atoms with Crippen LogP contribution in [0.4, 0.5) is 30.7 Å². The lowest BCUT2D eigenvalue weighted by atomic mass is 9.91. The molecule has 178 valence electrons. The van der Waals surface area contributed by atoms with Gasteiger partial charge in [0, 0.05) is 6.42 Å². The normalized spacial score (nSPS) is 20.5. The number of hydrazone groups is 1. The highest BCUT2D eigenvalue weighted by molar-refractivity contribution is 6.04. The van der Waals surface area contributed by atoms with Crippen molar-refractivity contribution in [1.82, 2.24) is 5.01 Å². The molecule has 0 aromatic heterocycles. The Balaban J connectivity index is 2.13. The first-order valence-corrected chi connectivity index (χ1v) is 9.40. The number of rotatable bonds is 5. The summed E-state index contributed by atoms with van der Waals surface area (Å²) in [6.45, 7) is 1.67. The van der Waals surface area contributed by atoms with E-state index in [-0.39, 0.29) is 11.1 Å². The van der Waals surface area contributed by atoms with Crippen molar-refractivity contribution in [3.8, 4) is 0 Å². The summed E-state index contributed by atoms with van der Waals surface area (Å²) in [5.74, 6) is -14.8. The Morgan fingerprint density at radius 3 is 2.06 bits per heavy atom. The summed E-state index contributed by atoms with van der Waals surface area (Å²) in [6, 6.07) is 12.1. The summed E-state index contributed by atoms with van der Waals surface area (Å²) in [5, 5.41) is 23.7. The molecule has 0 radical (unpaired) electrons. The van der Waals surface area contributed by atoms with Gasteiger partial charge in [-0.05, 0) is 18.1 Å². The molecule has 0 fully saturated rings. The zero-order valence-corrected chi connectivity index (χ0v) is 16.8. The predicted molar refractivity (Wildman–Crippen MR) is 101 cm³/mol. The zero-order chi connectivity index (χ0) is 24.8. The molecular weight excluding hydrogens is 461 g/mol. The summed E-state index contributed by atoms with van der Waals surface area (Å²) in [6.07, 6.45) is -10.6. The number of alkyl halides is 7. The van der Waals surface area contributed by atoms with Crippen LogP contribution in [-0.4, -0.2) is 50.6 Å². The molecule has 3 rings (SSSR count). The SMILES string of the molecule is Cc1ccc(C2=NN(C(=O)[C@H](O)c3ccccc3)[C@](O)(C(F)(F)C(F)(F)C(F)(F)F)C2)cc1. The molecule has 1 aliphatic rings. The van der Waals surface area contributed by atoms with Crippen molar-refractivity contribution in [2.75, 3.05) is 0 Å². The van der Waals surface area contributed by atoms with Gasteiger partial charge in [-0.1, -0.05) is 60.2 Å². The second-order valence-corrected chi connectivity index (χ2v) is 7.52. The largest absolute Gasteiger partial charge is 0.460 e. The van der Waals surface area contributed by atoms with Crippen LogP contribution in [0.15, 0.2) is 59.7 Å². The van der Waals surface area contributed by atoms with Gasteiger partial charge >= 0.3 is 18.0 Å². The number of nitrogens with zero attached hydrogens (tertiary/aromatic N) is 2. The summed E-state index contributed by atoms with van der Waals surface area (Å²) in [5.41, 5.74) is -4.47. The molecule has 2 atom stereocenters. The van der Waals surface area contributed by atoms with Crippen LogP contribution in [0.25, 0.3) is 0 Å². The monoisotopic (exact) mass is 478 g/mol. The van der Waals surface area contributed by atoms with Crippen LogP contribution in [-0.2, 0) is 4.79 Å². The Labute approximate surface area is 182 Å². The van der Waals surface area contributed by atoms with Gasteiger partial charge in [-0.25, -0.2) is 0 Å². The zero-order valence-electron chi connectivity index (χ0n) is 16.8. The first-order valence-electron chi connectivity index (χ1n) is 9.40. The Kier molecular flexibility index (Phi) is 6.05. The van der Waals surface area contributed by atoms with E-state index in [0.29, 0.717) is 5.56 Å². The molecule has 0 unspecified atom stereocenters. The highest BCUT2D eigenvalue weighted by Crippen LogP contribution is 2.55. The lowest BCUT2D eigenvalue weighted by Crippen LogP contribution is -2.69. The first kappa shape index (κ1) is 24.6. The number of aliphatic hydroxyl groups is 2. The molecule has 0 bridgehead atoms. The van der Waals surface area contributed by atoms with Crippen LogP contribution in [0.5, 0.6) is 0 Å². The van der Waals surface area contributed by atoms with Gasteiger partial charge < -0.3 is 10.2 Å². The number of carbonyl (C=O) groups is 1. The van der Waals surface area contributed by atoms with Crippen molar-refractivity contribution in [2.24, 2.45) is 5.10 Å². The molecule has 1 amide bonds. The van der Waals surface area contributed by atoms with Crippen molar-refractivity contribution in [1.29, 1.82) is 0 Å². The summed E-state index contributed by atoms with van der Waals surface area (Å²) >= 11 is 0. The Morgan fingerprint density at radius 1 is 1.00 bits per heavy atom. The van der Waals surface area contributed by atoms with E-state index in [2.05, 4.69) is 5.10 Å². The second kappa shape index (κ2) is 8.10. The van der Waals surface area contributed by atoms with E-state index in [0.717, 1.165) is 0 Å². The minimum Gasteiger partial charge on any atom is -0.378 e. The van der Waals surface area contributed by atoms with Crippen LogP contribution < -0.4 is 0 Å². The van der Waals surface area contributed by atoms with Crippen molar-refractivity contribution in [3.05, 3.63) is 71.3 Å². The highest BCUT2D eigenvalue weighted by Gasteiger charge is 2.82. The van der Waals surface area contributed by atoms with E-state index in [1.807, 2.05) is 0 Å².